The fourth-order valence-corrected chi connectivity index (χ4v) is 11.1. The minimum Gasteiger partial charge on any atom is -0.310 e. The zero-order valence-electron chi connectivity index (χ0n) is 31.1. The van der Waals surface area contributed by atoms with Gasteiger partial charge in [0.25, 0.3) is 0 Å². The number of fused-ring (bicyclic) bond motifs is 14. The van der Waals surface area contributed by atoms with Gasteiger partial charge in [-0.1, -0.05) is 141 Å². The third kappa shape index (κ3) is 4.32. The van der Waals surface area contributed by atoms with Crippen molar-refractivity contribution in [1.29, 1.82) is 0 Å². The summed E-state index contributed by atoms with van der Waals surface area (Å²) in [6, 6.07) is 67.5. The smallest absolute Gasteiger partial charge is 0.0726 e. The quantitative estimate of drug-likeness (QED) is 0.175. The van der Waals surface area contributed by atoms with Crippen LogP contribution in [-0.4, -0.2) is 4.57 Å². The van der Waals surface area contributed by atoms with E-state index in [9.17, 15) is 0 Å². The highest BCUT2D eigenvalue weighted by Crippen LogP contribution is 2.52. The number of aromatic nitrogens is 1. The Morgan fingerprint density at radius 1 is 0.464 bits per heavy atom. The molecule has 0 bridgehead atoms. The fourth-order valence-electron chi connectivity index (χ4n) is 9.81. The van der Waals surface area contributed by atoms with Crippen LogP contribution >= 0.6 is 11.3 Å². The lowest BCUT2D eigenvalue weighted by Crippen LogP contribution is -2.16. The first kappa shape index (κ1) is 31.6. The predicted molar refractivity (Wildman–Crippen MR) is 241 cm³/mol. The van der Waals surface area contributed by atoms with E-state index in [1.165, 1.54) is 91.5 Å². The van der Waals surface area contributed by atoms with Crippen LogP contribution in [0.25, 0.3) is 80.3 Å². The number of hydrogen-bond acceptors (Lipinski definition) is 2. The van der Waals surface area contributed by atoms with Crippen molar-refractivity contribution in [3.8, 4) is 16.8 Å². The zero-order chi connectivity index (χ0) is 37.1. The molecule has 0 saturated carbocycles. The van der Waals surface area contributed by atoms with E-state index in [4.69, 9.17) is 0 Å². The second kappa shape index (κ2) is 11.7. The standard InChI is InChI=1S/C53H36N2S/c1-53(2)44-24-12-10-20-38(44)39-29-27-36(32-45(39)53)54(34-17-4-3-5-18-34)35-28-30-47-43(31-35)49-40-21-8-9-22-41(40)50-42-23-11-13-26-48(42)56-52(50)51(49)55(47)46-25-14-16-33-15-6-7-19-37(33)46/h3-32H,1-2H3. The number of anilines is 3. The molecule has 264 valence electrons. The van der Waals surface area contributed by atoms with Gasteiger partial charge in [0.05, 0.1) is 21.4 Å². The lowest BCUT2D eigenvalue weighted by molar-refractivity contribution is 0.660. The van der Waals surface area contributed by atoms with Crippen molar-refractivity contribution in [2.24, 2.45) is 0 Å². The lowest BCUT2D eigenvalue weighted by Gasteiger charge is -2.28. The third-order valence-corrected chi connectivity index (χ3v) is 13.5. The van der Waals surface area contributed by atoms with Crippen LogP contribution in [0.2, 0.25) is 0 Å². The number of para-hydroxylation sites is 1. The summed E-state index contributed by atoms with van der Waals surface area (Å²) in [4.78, 5) is 2.44. The Morgan fingerprint density at radius 3 is 1.96 bits per heavy atom. The van der Waals surface area contributed by atoms with Gasteiger partial charge in [0.2, 0.25) is 0 Å². The van der Waals surface area contributed by atoms with Crippen molar-refractivity contribution < 1.29 is 0 Å². The number of rotatable bonds is 4. The van der Waals surface area contributed by atoms with Gasteiger partial charge in [0.1, 0.15) is 0 Å². The van der Waals surface area contributed by atoms with Gasteiger partial charge < -0.3 is 9.47 Å². The molecule has 0 spiro atoms. The molecule has 11 aromatic rings. The maximum absolute atomic E-state index is 2.56. The molecular formula is C53H36N2S. The van der Waals surface area contributed by atoms with E-state index < -0.39 is 0 Å². The van der Waals surface area contributed by atoms with E-state index in [0.717, 1.165) is 17.1 Å². The van der Waals surface area contributed by atoms with Crippen LogP contribution in [-0.2, 0) is 5.41 Å². The highest BCUT2D eigenvalue weighted by molar-refractivity contribution is 7.27. The molecule has 12 rings (SSSR count). The van der Waals surface area contributed by atoms with Crippen LogP contribution in [0.5, 0.6) is 0 Å². The Balaban J connectivity index is 1.20. The van der Waals surface area contributed by atoms with Gasteiger partial charge in [0, 0.05) is 54.1 Å². The molecule has 2 heterocycles. The molecule has 56 heavy (non-hydrogen) atoms. The highest BCUT2D eigenvalue weighted by Gasteiger charge is 2.36. The minimum atomic E-state index is -0.103. The van der Waals surface area contributed by atoms with Crippen LogP contribution in [0.15, 0.2) is 182 Å². The molecule has 3 heteroatoms. The minimum absolute atomic E-state index is 0.103. The van der Waals surface area contributed by atoms with E-state index in [1.807, 2.05) is 11.3 Å². The summed E-state index contributed by atoms with van der Waals surface area (Å²) in [6.07, 6.45) is 0. The molecule has 0 unspecified atom stereocenters. The first-order valence-corrected chi connectivity index (χ1v) is 20.3. The molecule has 1 aliphatic carbocycles. The normalized spacial score (nSPS) is 13.3. The molecule has 2 aromatic heterocycles. The molecule has 0 aliphatic heterocycles. The maximum Gasteiger partial charge on any atom is 0.0726 e. The first-order chi connectivity index (χ1) is 27.6. The first-order valence-electron chi connectivity index (χ1n) is 19.4. The lowest BCUT2D eigenvalue weighted by atomic mass is 9.82. The predicted octanol–water partition coefficient (Wildman–Crippen LogP) is 15.2. The van der Waals surface area contributed by atoms with E-state index in [0.29, 0.717) is 0 Å². The SMILES string of the molecule is CC1(C)c2ccccc2-c2ccc(N(c3ccccc3)c3ccc4c(c3)c3c5ccccc5c5c6ccccc6sc5c3n4-c3cccc4ccccc34)cc21. The molecule has 2 nitrogen and oxygen atoms in total. The van der Waals surface area contributed by atoms with E-state index in [-0.39, 0.29) is 5.41 Å². The van der Waals surface area contributed by atoms with Gasteiger partial charge >= 0.3 is 0 Å². The fraction of sp³-hybridized carbons (Fsp3) is 0.0566. The molecule has 1 aliphatic rings. The molecule has 0 amide bonds. The number of hydrogen-bond donors (Lipinski definition) is 0. The number of thiophene rings is 1. The Bertz CT molecular complexity index is 3400. The third-order valence-electron chi connectivity index (χ3n) is 12.3. The average Bonchev–Trinajstić information content (AvgIpc) is 3.87. The van der Waals surface area contributed by atoms with Gasteiger partial charge in [0.15, 0.2) is 0 Å². The molecule has 9 aromatic carbocycles. The summed E-state index contributed by atoms with van der Waals surface area (Å²) in [5.74, 6) is 0. The van der Waals surface area contributed by atoms with Crippen molar-refractivity contribution in [3.05, 3.63) is 193 Å². The monoisotopic (exact) mass is 732 g/mol. The van der Waals surface area contributed by atoms with E-state index in [1.54, 1.807) is 0 Å². The average molecular weight is 733 g/mol. The maximum atomic E-state index is 2.56. The summed E-state index contributed by atoms with van der Waals surface area (Å²) in [5.41, 5.74) is 12.4. The Hall–Kier alpha value is -6.68. The summed E-state index contributed by atoms with van der Waals surface area (Å²) in [6.45, 7) is 4.73. The van der Waals surface area contributed by atoms with Crippen molar-refractivity contribution in [2.75, 3.05) is 4.90 Å². The second-order valence-electron chi connectivity index (χ2n) is 15.7. The molecule has 0 fully saturated rings. The van der Waals surface area contributed by atoms with Gasteiger partial charge in [-0.15, -0.1) is 11.3 Å². The van der Waals surface area contributed by atoms with Crippen molar-refractivity contribution >= 4 is 91.9 Å². The summed E-state index contributed by atoms with van der Waals surface area (Å²) >= 11 is 1.91. The largest absolute Gasteiger partial charge is 0.310 e. The van der Waals surface area contributed by atoms with Crippen LogP contribution in [0.3, 0.4) is 0 Å². The van der Waals surface area contributed by atoms with Crippen LogP contribution in [0.1, 0.15) is 25.0 Å². The van der Waals surface area contributed by atoms with Crippen LogP contribution in [0, 0.1) is 0 Å². The molecular weight excluding hydrogens is 697 g/mol. The molecule has 0 saturated heterocycles. The van der Waals surface area contributed by atoms with Gasteiger partial charge in [-0.05, 0) is 93.0 Å². The van der Waals surface area contributed by atoms with Crippen molar-refractivity contribution in [3.63, 3.8) is 0 Å². The summed E-state index contributed by atoms with van der Waals surface area (Å²) in [5, 5.41) is 10.3. The number of benzene rings is 9. The Labute approximate surface area is 329 Å². The Morgan fingerprint density at radius 2 is 1.11 bits per heavy atom. The van der Waals surface area contributed by atoms with E-state index >= 15 is 0 Å². The Kier molecular flexibility index (Phi) is 6.59. The van der Waals surface area contributed by atoms with Crippen LogP contribution in [0.4, 0.5) is 17.1 Å². The molecule has 0 radical (unpaired) electrons. The summed E-state index contributed by atoms with van der Waals surface area (Å²) < 4.78 is 5.20. The highest BCUT2D eigenvalue weighted by atomic mass is 32.1. The van der Waals surface area contributed by atoms with Gasteiger partial charge in [-0.2, -0.15) is 0 Å². The van der Waals surface area contributed by atoms with Crippen molar-refractivity contribution in [1.82, 2.24) is 4.57 Å². The van der Waals surface area contributed by atoms with E-state index in [2.05, 4.69) is 205 Å². The second-order valence-corrected chi connectivity index (χ2v) is 16.7. The summed E-state index contributed by atoms with van der Waals surface area (Å²) in [7, 11) is 0. The molecule has 0 N–H and O–H groups in total. The number of nitrogens with zero attached hydrogens (tertiary/aromatic N) is 2. The van der Waals surface area contributed by atoms with Crippen LogP contribution < -0.4 is 4.90 Å². The molecule has 0 atom stereocenters. The van der Waals surface area contributed by atoms with Gasteiger partial charge in [-0.3, -0.25) is 0 Å². The van der Waals surface area contributed by atoms with Gasteiger partial charge in [-0.25, -0.2) is 0 Å². The topological polar surface area (TPSA) is 8.17 Å². The zero-order valence-corrected chi connectivity index (χ0v) is 31.9. The van der Waals surface area contributed by atoms with Crippen molar-refractivity contribution in [2.45, 2.75) is 19.3 Å².